The summed E-state index contributed by atoms with van der Waals surface area (Å²) in [6.45, 7) is 0. The predicted octanol–water partition coefficient (Wildman–Crippen LogP) is 7.91. The van der Waals surface area contributed by atoms with Crippen LogP contribution in [-0.2, 0) is 0 Å². The first-order valence-corrected chi connectivity index (χ1v) is 13.2. The standard InChI is InChI=1S/C26H37O2P/c1-27-23-17-11-18-24(28-2)26(23)22-16-9-10-19-25(22)29(20-12-5-3-6-13-20)21-14-7-4-8-15-21/h11,16-21H,3-10,12-15H2,1-2H3. The SMILES string of the molecule is COc1cccc(OC)c1C1=CCCC=C1P(C1CCCCC1)C1CCCCC1. The van der Waals surface area contributed by atoms with Crippen LogP contribution in [-0.4, -0.2) is 25.5 Å². The van der Waals surface area contributed by atoms with Gasteiger partial charge in [-0.2, -0.15) is 0 Å². The molecule has 158 valence electrons. The van der Waals surface area contributed by atoms with Crippen molar-refractivity contribution in [3.8, 4) is 11.5 Å². The molecule has 0 spiro atoms. The monoisotopic (exact) mass is 412 g/mol. The molecule has 1 aromatic rings. The molecule has 2 fully saturated rings. The molecule has 0 unspecified atom stereocenters. The summed E-state index contributed by atoms with van der Waals surface area (Å²) in [6.07, 6.45) is 21.8. The zero-order valence-corrected chi connectivity index (χ0v) is 19.2. The summed E-state index contributed by atoms with van der Waals surface area (Å²) in [6, 6.07) is 6.22. The molecule has 0 atom stereocenters. The molecule has 4 rings (SSSR count). The smallest absolute Gasteiger partial charge is 0.130 e. The summed E-state index contributed by atoms with van der Waals surface area (Å²) >= 11 is 0. The molecule has 0 amide bonds. The zero-order valence-electron chi connectivity index (χ0n) is 18.3. The first-order chi connectivity index (χ1) is 14.3. The Morgan fingerprint density at radius 3 is 1.76 bits per heavy atom. The largest absolute Gasteiger partial charge is 0.496 e. The first-order valence-electron chi connectivity index (χ1n) is 11.7. The number of methoxy groups -OCH3 is 2. The summed E-state index contributed by atoms with van der Waals surface area (Å²) in [5, 5.41) is 1.67. The van der Waals surface area contributed by atoms with Crippen LogP contribution in [0.2, 0.25) is 0 Å². The molecule has 0 N–H and O–H groups in total. The van der Waals surface area contributed by atoms with Crippen LogP contribution in [0.1, 0.15) is 82.6 Å². The Kier molecular flexibility index (Phi) is 7.35. The van der Waals surface area contributed by atoms with Gasteiger partial charge in [0.05, 0.1) is 19.8 Å². The van der Waals surface area contributed by atoms with Crippen molar-refractivity contribution in [1.29, 1.82) is 0 Å². The Morgan fingerprint density at radius 1 is 0.724 bits per heavy atom. The molecule has 2 nitrogen and oxygen atoms in total. The highest BCUT2D eigenvalue weighted by molar-refractivity contribution is 7.64. The third-order valence-corrected chi connectivity index (χ3v) is 10.6. The summed E-state index contributed by atoms with van der Waals surface area (Å²) in [5.41, 5.74) is 4.43. The predicted molar refractivity (Wildman–Crippen MR) is 126 cm³/mol. The van der Waals surface area contributed by atoms with Crippen molar-refractivity contribution in [2.75, 3.05) is 14.2 Å². The molecule has 0 heterocycles. The molecular formula is C26H37O2P. The Hall–Kier alpha value is -1.27. The van der Waals surface area contributed by atoms with E-state index in [2.05, 4.69) is 24.3 Å². The molecule has 0 radical (unpaired) electrons. The van der Waals surface area contributed by atoms with E-state index in [0.29, 0.717) is 0 Å². The van der Waals surface area contributed by atoms with Gasteiger partial charge < -0.3 is 9.47 Å². The Labute approximate surface area is 178 Å². The summed E-state index contributed by atoms with van der Waals surface area (Å²) in [4.78, 5) is 0. The van der Waals surface area contributed by atoms with Crippen LogP contribution in [0.25, 0.3) is 5.57 Å². The fourth-order valence-electron chi connectivity index (χ4n) is 5.66. The van der Waals surface area contributed by atoms with Crippen LogP contribution in [0.3, 0.4) is 0 Å². The highest BCUT2D eigenvalue weighted by atomic mass is 31.1. The fraction of sp³-hybridized carbons (Fsp3) is 0.615. The first kappa shape index (κ1) is 21.0. The number of hydrogen-bond donors (Lipinski definition) is 0. The molecule has 29 heavy (non-hydrogen) atoms. The lowest BCUT2D eigenvalue weighted by Gasteiger charge is -2.41. The van der Waals surface area contributed by atoms with Crippen molar-refractivity contribution in [1.82, 2.24) is 0 Å². The van der Waals surface area contributed by atoms with Crippen molar-refractivity contribution >= 4 is 13.5 Å². The van der Waals surface area contributed by atoms with Crippen LogP contribution in [0, 0.1) is 0 Å². The molecule has 0 bridgehead atoms. The summed E-state index contributed by atoms with van der Waals surface area (Å²) in [7, 11) is 3.44. The van der Waals surface area contributed by atoms with Crippen LogP contribution in [0.5, 0.6) is 11.5 Å². The van der Waals surface area contributed by atoms with Crippen LogP contribution < -0.4 is 9.47 Å². The van der Waals surface area contributed by atoms with Gasteiger partial charge in [0.25, 0.3) is 0 Å². The zero-order chi connectivity index (χ0) is 20.1. The molecule has 3 aliphatic rings. The van der Waals surface area contributed by atoms with Gasteiger partial charge in [0.1, 0.15) is 11.5 Å². The summed E-state index contributed by atoms with van der Waals surface area (Å²) < 4.78 is 11.6. The van der Waals surface area contributed by atoms with E-state index < -0.39 is 0 Å². The normalized spacial score (nSPS) is 21.6. The van der Waals surface area contributed by atoms with Gasteiger partial charge in [-0.1, -0.05) is 64.7 Å². The van der Waals surface area contributed by atoms with E-state index in [1.54, 1.807) is 19.5 Å². The van der Waals surface area contributed by atoms with Crippen molar-refractivity contribution in [3.63, 3.8) is 0 Å². The Balaban J connectivity index is 1.75. The van der Waals surface area contributed by atoms with Crippen molar-refractivity contribution in [2.24, 2.45) is 0 Å². The molecule has 1 aromatic carbocycles. The van der Waals surface area contributed by atoms with E-state index in [1.807, 2.05) is 6.07 Å². The van der Waals surface area contributed by atoms with Crippen molar-refractivity contribution in [2.45, 2.75) is 88.4 Å². The van der Waals surface area contributed by atoms with Crippen LogP contribution >= 0.6 is 7.92 Å². The van der Waals surface area contributed by atoms with Gasteiger partial charge in [-0.15, -0.1) is 0 Å². The van der Waals surface area contributed by atoms with E-state index in [9.17, 15) is 0 Å². The molecule has 3 aliphatic carbocycles. The van der Waals surface area contributed by atoms with Gasteiger partial charge in [0, 0.05) is 0 Å². The minimum atomic E-state index is -0.131. The highest BCUT2D eigenvalue weighted by Crippen LogP contribution is 2.65. The minimum absolute atomic E-state index is 0.131. The second kappa shape index (κ2) is 10.2. The average Bonchev–Trinajstić information content (AvgIpc) is 2.80. The van der Waals surface area contributed by atoms with Crippen LogP contribution in [0.15, 0.2) is 35.7 Å². The number of benzene rings is 1. The maximum atomic E-state index is 5.82. The summed E-state index contributed by atoms with van der Waals surface area (Å²) in [5.74, 6) is 1.90. The van der Waals surface area contributed by atoms with Gasteiger partial charge in [-0.25, -0.2) is 0 Å². The van der Waals surface area contributed by atoms with Crippen molar-refractivity contribution in [3.05, 3.63) is 41.2 Å². The lowest BCUT2D eigenvalue weighted by atomic mass is 9.97. The fourth-order valence-corrected chi connectivity index (χ4v) is 9.71. The maximum Gasteiger partial charge on any atom is 0.130 e. The second-order valence-corrected chi connectivity index (χ2v) is 11.6. The number of hydrogen-bond acceptors (Lipinski definition) is 2. The minimum Gasteiger partial charge on any atom is -0.496 e. The lowest BCUT2D eigenvalue weighted by Crippen LogP contribution is -2.22. The van der Waals surface area contributed by atoms with E-state index >= 15 is 0 Å². The van der Waals surface area contributed by atoms with Gasteiger partial charge >= 0.3 is 0 Å². The van der Waals surface area contributed by atoms with Gasteiger partial charge in [0.15, 0.2) is 0 Å². The quantitative estimate of drug-likeness (QED) is 0.442. The molecular weight excluding hydrogens is 375 g/mol. The molecule has 2 saturated carbocycles. The lowest BCUT2D eigenvalue weighted by molar-refractivity contribution is 0.392. The number of rotatable bonds is 6. The molecule has 0 saturated heterocycles. The third-order valence-electron chi connectivity index (χ3n) is 7.04. The Morgan fingerprint density at radius 2 is 1.24 bits per heavy atom. The molecule has 0 aromatic heterocycles. The second-order valence-electron chi connectivity index (χ2n) is 8.81. The van der Waals surface area contributed by atoms with Crippen LogP contribution in [0.4, 0.5) is 0 Å². The average molecular weight is 413 g/mol. The van der Waals surface area contributed by atoms with E-state index in [1.165, 1.54) is 81.8 Å². The molecule has 3 heteroatoms. The third kappa shape index (κ3) is 4.58. The van der Waals surface area contributed by atoms with E-state index in [0.717, 1.165) is 29.2 Å². The van der Waals surface area contributed by atoms with Crippen molar-refractivity contribution < 1.29 is 9.47 Å². The maximum absolute atomic E-state index is 5.82. The number of allylic oxidation sites excluding steroid dienone is 4. The van der Waals surface area contributed by atoms with E-state index in [4.69, 9.17) is 9.47 Å². The Bertz CT molecular complexity index is 699. The topological polar surface area (TPSA) is 18.5 Å². The van der Waals surface area contributed by atoms with Gasteiger partial charge in [-0.3, -0.25) is 0 Å². The van der Waals surface area contributed by atoms with Gasteiger partial charge in [-0.05, 0) is 72.9 Å². The van der Waals surface area contributed by atoms with E-state index in [-0.39, 0.29) is 7.92 Å². The van der Waals surface area contributed by atoms with Gasteiger partial charge in [0.2, 0.25) is 0 Å². The number of ether oxygens (including phenoxy) is 2. The molecule has 0 aliphatic heterocycles. The highest BCUT2D eigenvalue weighted by Gasteiger charge is 2.36.